The standard InChI is InChI=1S/C26H31N3O4S/c1-3-32-24(30)15-18-14-21-16-20(6-9-23(21)33-17-18)26(31)28(2)22-7-4-19(5-8-22)25(27)29-10-12-34-13-11-29/h4-9,16,18,27H,3,10-15,17H2,1-2H3. The maximum atomic E-state index is 13.2. The van der Waals surface area contributed by atoms with Crippen LogP contribution in [0.25, 0.3) is 0 Å². The smallest absolute Gasteiger partial charge is 0.306 e. The van der Waals surface area contributed by atoms with Crippen LogP contribution in [0.1, 0.15) is 34.8 Å². The second kappa shape index (κ2) is 11.0. The van der Waals surface area contributed by atoms with Crippen LogP contribution in [0.5, 0.6) is 5.75 Å². The Kier molecular flexibility index (Phi) is 7.77. The van der Waals surface area contributed by atoms with E-state index in [0.717, 1.165) is 47.2 Å². The van der Waals surface area contributed by atoms with Gasteiger partial charge in [0.2, 0.25) is 0 Å². The molecule has 34 heavy (non-hydrogen) atoms. The largest absolute Gasteiger partial charge is 0.493 e. The van der Waals surface area contributed by atoms with Gasteiger partial charge in [-0.3, -0.25) is 15.0 Å². The third-order valence-corrected chi connectivity index (χ3v) is 7.15. The number of amidine groups is 1. The summed E-state index contributed by atoms with van der Waals surface area (Å²) in [6.07, 6.45) is 0.980. The van der Waals surface area contributed by atoms with E-state index in [0.29, 0.717) is 37.5 Å². The molecule has 1 saturated heterocycles. The number of hydrogen-bond acceptors (Lipinski definition) is 6. The van der Waals surface area contributed by atoms with E-state index < -0.39 is 0 Å². The van der Waals surface area contributed by atoms with Crippen LogP contribution in [-0.2, 0) is 16.0 Å². The zero-order valence-corrected chi connectivity index (χ0v) is 20.5. The lowest BCUT2D eigenvalue weighted by Gasteiger charge is -2.29. The maximum Gasteiger partial charge on any atom is 0.306 e. The van der Waals surface area contributed by atoms with Gasteiger partial charge in [-0.1, -0.05) is 0 Å². The number of esters is 1. The molecule has 4 rings (SSSR count). The third kappa shape index (κ3) is 5.55. The zero-order valence-electron chi connectivity index (χ0n) is 19.7. The number of hydrogen-bond donors (Lipinski definition) is 1. The minimum absolute atomic E-state index is 0.0380. The first-order chi connectivity index (χ1) is 16.5. The van der Waals surface area contributed by atoms with Gasteiger partial charge in [0.25, 0.3) is 5.91 Å². The molecule has 2 aliphatic heterocycles. The zero-order chi connectivity index (χ0) is 24.1. The number of anilines is 1. The van der Waals surface area contributed by atoms with Crippen molar-refractivity contribution in [2.24, 2.45) is 5.92 Å². The lowest BCUT2D eigenvalue weighted by molar-refractivity contribution is -0.144. The summed E-state index contributed by atoms with van der Waals surface area (Å²) in [5.41, 5.74) is 3.13. The molecule has 2 aromatic rings. The van der Waals surface area contributed by atoms with Crippen LogP contribution in [0, 0.1) is 11.3 Å². The lowest BCUT2D eigenvalue weighted by Crippen LogP contribution is -2.37. The minimum atomic E-state index is -0.220. The summed E-state index contributed by atoms with van der Waals surface area (Å²) >= 11 is 1.92. The Hall–Kier alpha value is -3.00. The van der Waals surface area contributed by atoms with Crippen LogP contribution in [0.3, 0.4) is 0 Å². The number of rotatable bonds is 6. The molecule has 1 unspecified atom stereocenters. The summed E-state index contributed by atoms with van der Waals surface area (Å²) in [5.74, 6) is 3.09. The van der Waals surface area contributed by atoms with E-state index in [1.165, 1.54) is 0 Å². The Morgan fingerprint density at radius 3 is 2.56 bits per heavy atom. The monoisotopic (exact) mass is 481 g/mol. The van der Waals surface area contributed by atoms with Gasteiger partial charge in [0.15, 0.2) is 0 Å². The second-order valence-electron chi connectivity index (χ2n) is 8.57. The van der Waals surface area contributed by atoms with Gasteiger partial charge >= 0.3 is 5.97 Å². The molecule has 0 aromatic heterocycles. The van der Waals surface area contributed by atoms with Crippen molar-refractivity contribution in [3.8, 4) is 5.75 Å². The van der Waals surface area contributed by atoms with Gasteiger partial charge in [0.1, 0.15) is 11.6 Å². The van der Waals surface area contributed by atoms with E-state index in [-0.39, 0.29) is 17.8 Å². The van der Waals surface area contributed by atoms with E-state index in [1.807, 2.05) is 48.2 Å². The maximum absolute atomic E-state index is 13.2. The molecule has 1 N–H and O–H groups in total. The average Bonchev–Trinajstić information content (AvgIpc) is 2.87. The number of nitrogens with one attached hydrogen (secondary N) is 1. The van der Waals surface area contributed by atoms with Gasteiger partial charge in [-0.15, -0.1) is 0 Å². The van der Waals surface area contributed by atoms with Gasteiger partial charge in [0.05, 0.1) is 19.6 Å². The van der Waals surface area contributed by atoms with Gasteiger partial charge in [-0.2, -0.15) is 11.8 Å². The molecule has 8 heteroatoms. The fourth-order valence-electron chi connectivity index (χ4n) is 4.30. The highest BCUT2D eigenvalue weighted by Gasteiger charge is 2.25. The van der Waals surface area contributed by atoms with Crippen LogP contribution >= 0.6 is 11.8 Å². The molecule has 2 aromatic carbocycles. The summed E-state index contributed by atoms with van der Waals surface area (Å²) < 4.78 is 10.9. The summed E-state index contributed by atoms with van der Waals surface area (Å²) in [5, 5.41) is 8.49. The molecule has 0 aliphatic carbocycles. The highest BCUT2D eigenvalue weighted by molar-refractivity contribution is 7.99. The molecule has 1 amide bonds. The number of thioether (sulfide) groups is 1. The molecule has 7 nitrogen and oxygen atoms in total. The number of amides is 1. The van der Waals surface area contributed by atoms with Crippen molar-refractivity contribution in [3.05, 3.63) is 59.2 Å². The van der Waals surface area contributed by atoms with E-state index in [1.54, 1.807) is 24.9 Å². The quantitative estimate of drug-likeness (QED) is 0.384. The van der Waals surface area contributed by atoms with Crippen molar-refractivity contribution in [3.63, 3.8) is 0 Å². The van der Waals surface area contributed by atoms with Crippen molar-refractivity contribution in [1.82, 2.24) is 4.90 Å². The van der Waals surface area contributed by atoms with Crippen molar-refractivity contribution >= 4 is 35.2 Å². The first-order valence-corrected chi connectivity index (χ1v) is 12.8. The lowest BCUT2D eigenvalue weighted by atomic mass is 9.93. The van der Waals surface area contributed by atoms with Gasteiger partial charge < -0.3 is 19.3 Å². The van der Waals surface area contributed by atoms with Gasteiger partial charge in [-0.25, -0.2) is 0 Å². The van der Waals surface area contributed by atoms with Crippen molar-refractivity contribution in [2.45, 2.75) is 19.8 Å². The molecular weight excluding hydrogens is 450 g/mol. The van der Waals surface area contributed by atoms with Gasteiger partial charge in [0, 0.05) is 54.4 Å². The van der Waals surface area contributed by atoms with E-state index in [4.69, 9.17) is 14.9 Å². The fourth-order valence-corrected chi connectivity index (χ4v) is 5.20. The van der Waals surface area contributed by atoms with Gasteiger partial charge in [-0.05, 0) is 61.4 Å². The SMILES string of the molecule is CCOC(=O)CC1COc2ccc(C(=O)N(C)c3ccc(C(=N)N4CCSCC4)cc3)cc2C1. The van der Waals surface area contributed by atoms with Crippen LogP contribution in [0.15, 0.2) is 42.5 Å². The normalized spacial score (nSPS) is 17.4. The molecule has 1 atom stereocenters. The van der Waals surface area contributed by atoms with E-state index >= 15 is 0 Å². The molecule has 0 spiro atoms. The van der Waals surface area contributed by atoms with Crippen LogP contribution in [-0.4, -0.2) is 67.5 Å². The highest BCUT2D eigenvalue weighted by Crippen LogP contribution is 2.30. The Balaban J connectivity index is 1.42. The molecule has 2 aliphatic rings. The number of carbonyl (C=O) groups is 2. The van der Waals surface area contributed by atoms with E-state index in [2.05, 4.69) is 4.90 Å². The van der Waals surface area contributed by atoms with Crippen molar-refractivity contribution in [2.75, 3.05) is 49.8 Å². The fraction of sp³-hybridized carbons (Fsp3) is 0.423. The Bertz CT molecular complexity index is 1050. The molecule has 1 fully saturated rings. The molecule has 0 saturated carbocycles. The molecule has 0 bridgehead atoms. The summed E-state index contributed by atoms with van der Waals surface area (Å²) in [6, 6.07) is 13.1. The first-order valence-electron chi connectivity index (χ1n) is 11.7. The highest BCUT2D eigenvalue weighted by atomic mass is 32.2. The number of carbonyl (C=O) groups excluding carboxylic acids is 2. The minimum Gasteiger partial charge on any atom is -0.493 e. The summed E-state index contributed by atoms with van der Waals surface area (Å²) in [7, 11) is 1.75. The number of benzene rings is 2. The van der Waals surface area contributed by atoms with Crippen LogP contribution in [0.4, 0.5) is 5.69 Å². The van der Waals surface area contributed by atoms with E-state index in [9.17, 15) is 9.59 Å². The van der Waals surface area contributed by atoms with Crippen LogP contribution in [0.2, 0.25) is 0 Å². The topological polar surface area (TPSA) is 82.9 Å². The Morgan fingerprint density at radius 1 is 1.15 bits per heavy atom. The number of ether oxygens (including phenoxy) is 2. The number of nitrogens with zero attached hydrogens (tertiary/aromatic N) is 2. The molecular formula is C26H31N3O4S. The summed E-state index contributed by atoms with van der Waals surface area (Å²) in [6.45, 7) is 4.42. The molecule has 180 valence electrons. The Morgan fingerprint density at radius 2 is 1.85 bits per heavy atom. The van der Waals surface area contributed by atoms with Crippen molar-refractivity contribution < 1.29 is 19.1 Å². The average molecular weight is 482 g/mol. The summed E-state index contributed by atoms with van der Waals surface area (Å²) in [4.78, 5) is 28.8. The Labute approximate surface area is 204 Å². The molecule has 2 heterocycles. The first kappa shape index (κ1) is 24.1. The predicted molar refractivity (Wildman–Crippen MR) is 135 cm³/mol. The predicted octanol–water partition coefficient (Wildman–Crippen LogP) is 3.84. The third-order valence-electron chi connectivity index (χ3n) is 6.21. The second-order valence-corrected chi connectivity index (χ2v) is 9.80. The van der Waals surface area contributed by atoms with Crippen molar-refractivity contribution in [1.29, 1.82) is 5.41 Å². The molecule has 0 radical (unpaired) electrons. The van der Waals surface area contributed by atoms with Crippen LogP contribution < -0.4 is 9.64 Å². The number of fused-ring (bicyclic) bond motifs is 1.